The fourth-order valence-corrected chi connectivity index (χ4v) is 6.51. The molecule has 202 valence electrons. The smallest absolute Gasteiger partial charge is 0.209 e. The van der Waals surface area contributed by atoms with Crippen LogP contribution in [0.2, 0.25) is 0 Å². The lowest BCUT2D eigenvalue weighted by atomic mass is 9.95. The van der Waals surface area contributed by atoms with E-state index in [2.05, 4.69) is 34.3 Å². The van der Waals surface area contributed by atoms with Crippen LogP contribution in [-0.4, -0.2) is 53.8 Å². The minimum atomic E-state index is -1.14. The van der Waals surface area contributed by atoms with E-state index >= 15 is 0 Å². The Morgan fingerprint density at radius 3 is 2.67 bits per heavy atom. The number of nitrogens with one attached hydrogen (secondary N) is 1. The first-order valence-electron chi connectivity index (χ1n) is 13.5. The van der Waals surface area contributed by atoms with Gasteiger partial charge in [-0.05, 0) is 67.9 Å². The molecule has 2 aromatic heterocycles. The van der Waals surface area contributed by atoms with Gasteiger partial charge in [-0.15, -0.1) is 0 Å². The van der Waals surface area contributed by atoms with Gasteiger partial charge in [-0.2, -0.15) is 0 Å². The van der Waals surface area contributed by atoms with E-state index in [0.29, 0.717) is 40.4 Å². The standard InChI is InChI=1S/C31H28FN5O3/c1-16-12-18(8-10-22(16)32)9-11-24-35-29(34-23-13-20(23)19-6-4-3-5-7-19)25-30(36-24)37(15-33-25)26-21-14-31(21,17(2)38)28(40)27(26)39/h3-8,10,12,15,20-21,23,26-28,39-40H,13-14H2,1-2H3,(H,34,35,36)/t20?,21?,23-,26-,27+,28?,31+/m1/s1. The Labute approximate surface area is 230 Å². The van der Waals surface area contributed by atoms with Crippen molar-refractivity contribution < 1.29 is 19.4 Å². The molecule has 3 fully saturated rings. The summed E-state index contributed by atoms with van der Waals surface area (Å²) in [6.45, 7) is 3.15. The molecule has 9 heteroatoms. The first-order chi connectivity index (χ1) is 19.3. The normalized spacial score (nSPS) is 29.9. The monoisotopic (exact) mass is 537 g/mol. The summed E-state index contributed by atoms with van der Waals surface area (Å²) in [5, 5.41) is 25.3. The first kappa shape index (κ1) is 24.9. The molecule has 3 aliphatic carbocycles. The number of aliphatic hydroxyl groups is 2. The van der Waals surface area contributed by atoms with Crippen molar-refractivity contribution in [3.63, 3.8) is 0 Å². The van der Waals surface area contributed by atoms with Crippen molar-refractivity contribution in [3.05, 3.63) is 83.2 Å². The van der Waals surface area contributed by atoms with Crippen LogP contribution >= 0.6 is 0 Å². The van der Waals surface area contributed by atoms with Gasteiger partial charge in [0.25, 0.3) is 0 Å². The van der Waals surface area contributed by atoms with Crippen molar-refractivity contribution in [2.45, 2.75) is 56.9 Å². The van der Waals surface area contributed by atoms with E-state index in [-0.39, 0.29) is 29.4 Å². The average molecular weight is 538 g/mol. The number of hydrogen-bond donors (Lipinski definition) is 3. The Morgan fingerprint density at radius 1 is 1.15 bits per heavy atom. The highest BCUT2D eigenvalue weighted by molar-refractivity contribution is 5.88. The van der Waals surface area contributed by atoms with E-state index in [0.717, 1.165) is 6.42 Å². The predicted molar refractivity (Wildman–Crippen MR) is 146 cm³/mol. The number of nitrogens with zero attached hydrogens (tertiary/aromatic N) is 4. The molecule has 2 aromatic carbocycles. The quantitative estimate of drug-likeness (QED) is 0.334. The molecular formula is C31H28FN5O3. The van der Waals surface area contributed by atoms with Crippen molar-refractivity contribution in [2.75, 3.05) is 5.32 Å². The fraction of sp³-hybridized carbons (Fsp3) is 0.355. The van der Waals surface area contributed by atoms with Crippen molar-refractivity contribution in [2.24, 2.45) is 11.3 Å². The summed E-state index contributed by atoms with van der Waals surface area (Å²) in [5.41, 5.74) is 2.46. The van der Waals surface area contributed by atoms with Gasteiger partial charge in [0.05, 0.1) is 23.9 Å². The maximum atomic E-state index is 13.7. The second-order valence-corrected chi connectivity index (χ2v) is 11.3. The number of aliphatic hydroxyl groups excluding tert-OH is 2. The predicted octanol–water partition coefficient (Wildman–Crippen LogP) is 3.51. The van der Waals surface area contributed by atoms with E-state index in [1.807, 2.05) is 18.2 Å². The zero-order valence-electron chi connectivity index (χ0n) is 22.0. The summed E-state index contributed by atoms with van der Waals surface area (Å²) >= 11 is 0. The second kappa shape index (κ2) is 8.95. The molecule has 40 heavy (non-hydrogen) atoms. The largest absolute Gasteiger partial charge is 0.389 e. The number of anilines is 1. The van der Waals surface area contributed by atoms with Crippen molar-refractivity contribution in [1.29, 1.82) is 0 Å². The van der Waals surface area contributed by atoms with E-state index < -0.39 is 23.7 Å². The highest BCUT2D eigenvalue weighted by Gasteiger charge is 2.74. The summed E-state index contributed by atoms with van der Waals surface area (Å²) in [6.07, 6.45) is 0.785. The first-order valence-corrected chi connectivity index (χ1v) is 13.5. The summed E-state index contributed by atoms with van der Waals surface area (Å²) in [6, 6.07) is 14.6. The lowest BCUT2D eigenvalue weighted by molar-refractivity contribution is -0.128. The third kappa shape index (κ3) is 3.82. The number of carbonyl (C=O) groups is 1. The van der Waals surface area contributed by atoms with Crippen LogP contribution in [-0.2, 0) is 4.79 Å². The Hall–Kier alpha value is -4.13. The SMILES string of the molecule is CC(=O)[C@@]12CC1[C@@H](n1cnc3c(N[C@@H]4CC4c4ccccc4)nc(C#Cc4ccc(F)c(C)c4)nc31)[C@H](O)C2O. The number of fused-ring (bicyclic) bond motifs is 2. The van der Waals surface area contributed by atoms with Crippen LogP contribution < -0.4 is 5.32 Å². The summed E-state index contributed by atoms with van der Waals surface area (Å²) < 4.78 is 15.5. The van der Waals surface area contributed by atoms with Crippen LogP contribution in [0.5, 0.6) is 0 Å². The van der Waals surface area contributed by atoms with Crippen LogP contribution in [0.25, 0.3) is 11.2 Å². The van der Waals surface area contributed by atoms with Gasteiger partial charge in [-0.3, -0.25) is 4.79 Å². The molecule has 3 saturated carbocycles. The second-order valence-electron chi connectivity index (χ2n) is 11.3. The molecule has 0 aliphatic heterocycles. The van der Waals surface area contributed by atoms with Crippen LogP contribution in [0.15, 0.2) is 54.9 Å². The number of halogens is 1. The van der Waals surface area contributed by atoms with Gasteiger partial charge in [0.1, 0.15) is 17.7 Å². The molecule has 0 spiro atoms. The number of carbonyl (C=O) groups excluding carboxylic acids is 1. The van der Waals surface area contributed by atoms with E-state index in [1.54, 1.807) is 30.0 Å². The summed E-state index contributed by atoms with van der Waals surface area (Å²) in [5.74, 6) is 6.55. The minimum Gasteiger partial charge on any atom is -0.389 e. The molecule has 7 atom stereocenters. The zero-order valence-corrected chi connectivity index (χ0v) is 22.0. The van der Waals surface area contributed by atoms with Crippen molar-refractivity contribution >= 4 is 22.8 Å². The van der Waals surface area contributed by atoms with E-state index in [9.17, 15) is 19.4 Å². The number of aromatic nitrogens is 4. The molecule has 8 nitrogen and oxygen atoms in total. The third-order valence-electron chi connectivity index (χ3n) is 8.89. The summed E-state index contributed by atoms with van der Waals surface area (Å²) in [7, 11) is 0. The average Bonchev–Trinajstić information content (AvgIpc) is 3.83. The fourth-order valence-electron chi connectivity index (χ4n) is 6.51. The number of rotatable bonds is 5. The maximum absolute atomic E-state index is 13.7. The van der Waals surface area contributed by atoms with Gasteiger partial charge in [-0.1, -0.05) is 36.3 Å². The Balaban J connectivity index is 1.28. The molecule has 0 bridgehead atoms. The van der Waals surface area contributed by atoms with Crippen LogP contribution in [0.1, 0.15) is 54.2 Å². The van der Waals surface area contributed by atoms with E-state index in [4.69, 9.17) is 9.97 Å². The highest BCUT2D eigenvalue weighted by Crippen LogP contribution is 2.68. The minimum absolute atomic E-state index is 0.116. The Bertz CT molecular complexity index is 1730. The number of Topliss-reactive ketones (excluding diaryl/α,β-unsaturated/α-hetero) is 1. The maximum Gasteiger partial charge on any atom is 0.209 e. The molecule has 2 heterocycles. The Morgan fingerprint density at radius 2 is 1.95 bits per heavy atom. The zero-order chi connectivity index (χ0) is 27.8. The topological polar surface area (TPSA) is 113 Å². The van der Waals surface area contributed by atoms with Crippen molar-refractivity contribution in [1.82, 2.24) is 19.5 Å². The Kier molecular flexibility index (Phi) is 5.56. The lowest BCUT2D eigenvalue weighted by Gasteiger charge is -2.23. The highest BCUT2D eigenvalue weighted by atomic mass is 19.1. The lowest BCUT2D eigenvalue weighted by Crippen LogP contribution is -2.36. The summed E-state index contributed by atoms with van der Waals surface area (Å²) in [4.78, 5) is 26.4. The molecule has 3 N–H and O–H groups in total. The number of hydrogen-bond acceptors (Lipinski definition) is 7. The number of aryl methyl sites for hydroxylation is 1. The van der Waals surface area contributed by atoms with E-state index in [1.165, 1.54) is 18.6 Å². The molecule has 3 aliphatic rings. The molecule has 0 radical (unpaired) electrons. The van der Waals surface area contributed by atoms with Gasteiger partial charge < -0.3 is 20.1 Å². The van der Waals surface area contributed by atoms with Crippen LogP contribution in [0, 0.1) is 35.9 Å². The van der Waals surface area contributed by atoms with Crippen LogP contribution in [0.4, 0.5) is 10.2 Å². The van der Waals surface area contributed by atoms with Gasteiger partial charge in [0.2, 0.25) is 5.82 Å². The van der Waals surface area contributed by atoms with Crippen LogP contribution in [0.3, 0.4) is 0 Å². The molecule has 4 aromatic rings. The number of imidazole rings is 1. The number of benzene rings is 2. The van der Waals surface area contributed by atoms with Crippen molar-refractivity contribution in [3.8, 4) is 11.8 Å². The van der Waals surface area contributed by atoms with Gasteiger partial charge >= 0.3 is 0 Å². The molecule has 0 amide bonds. The van der Waals surface area contributed by atoms with Gasteiger partial charge in [-0.25, -0.2) is 19.3 Å². The molecule has 3 unspecified atom stereocenters. The number of ketones is 1. The third-order valence-corrected chi connectivity index (χ3v) is 8.89. The molecule has 0 saturated heterocycles. The van der Waals surface area contributed by atoms with Gasteiger partial charge in [0, 0.05) is 17.5 Å². The molecule has 7 rings (SSSR count). The molecular weight excluding hydrogens is 509 g/mol. The van der Waals surface area contributed by atoms with Gasteiger partial charge in [0.15, 0.2) is 17.0 Å².